The lowest BCUT2D eigenvalue weighted by Gasteiger charge is -2.31. The third kappa shape index (κ3) is 2.43. The van der Waals surface area contributed by atoms with E-state index in [0.717, 1.165) is 30.0 Å². The van der Waals surface area contributed by atoms with Gasteiger partial charge < -0.3 is 5.11 Å². The summed E-state index contributed by atoms with van der Waals surface area (Å²) in [6, 6.07) is 3.92. The van der Waals surface area contributed by atoms with Crippen LogP contribution in [-0.4, -0.2) is 10.1 Å². The Bertz CT molecular complexity index is 350. The first-order valence-corrected chi connectivity index (χ1v) is 6.28. The minimum Gasteiger partial charge on any atom is -0.388 e. The zero-order valence-electron chi connectivity index (χ0n) is 10.2. The topological polar surface area (TPSA) is 33.1 Å². The van der Waals surface area contributed by atoms with Crippen LogP contribution in [0.1, 0.15) is 50.0 Å². The Kier molecular flexibility index (Phi) is 3.59. The van der Waals surface area contributed by atoms with Crippen molar-refractivity contribution in [3.63, 3.8) is 0 Å². The zero-order chi connectivity index (χ0) is 11.5. The summed E-state index contributed by atoms with van der Waals surface area (Å²) in [5.74, 6) is 1.18. The zero-order valence-corrected chi connectivity index (χ0v) is 10.2. The minimum atomic E-state index is -0.323. The quantitative estimate of drug-likeness (QED) is 0.828. The van der Waals surface area contributed by atoms with Crippen molar-refractivity contribution in [1.29, 1.82) is 0 Å². The molecule has 1 N–H and O–H groups in total. The normalized spacial score (nSPS) is 27.7. The first kappa shape index (κ1) is 11.6. The fourth-order valence-electron chi connectivity index (χ4n) is 2.83. The monoisotopic (exact) mass is 219 g/mol. The molecule has 3 unspecified atom stereocenters. The van der Waals surface area contributed by atoms with Gasteiger partial charge in [0, 0.05) is 17.5 Å². The number of pyridine rings is 1. The Balaban J connectivity index is 2.12. The van der Waals surface area contributed by atoms with E-state index in [9.17, 15) is 5.11 Å². The SMILES string of the molecule is Cc1ncccc1C(O)C1CCCC(C)C1. The van der Waals surface area contributed by atoms with Crippen LogP contribution in [0.2, 0.25) is 0 Å². The number of aliphatic hydroxyl groups is 1. The largest absolute Gasteiger partial charge is 0.388 e. The summed E-state index contributed by atoms with van der Waals surface area (Å²) >= 11 is 0. The smallest absolute Gasteiger partial charge is 0.0835 e. The van der Waals surface area contributed by atoms with Gasteiger partial charge in [-0.2, -0.15) is 0 Å². The molecule has 2 nitrogen and oxygen atoms in total. The molecule has 1 heterocycles. The van der Waals surface area contributed by atoms with Crippen molar-refractivity contribution >= 4 is 0 Å². The maximum Gasteiger partial charge on any atom is 0.0835 e. The van der Waals surface area contributed by atoms with Crippen molar-refractivity contribution in [3.05, 3.63) is 29.6 Å². The summed E-state index contributed by atoms with van der Waals surface area (Å²) in [7, 11) is 0. The molecule has 1 fully saturated rings. The molecule has 0 bridgehead atoms. The van der Waals surface area contributed by atoms with Crippen LogP contribution in [0, 0.1) is 18.8 Å². The molecule has 1 aliphatic carbocycles. The molecule has 2 rings (SSSR count). The Morgan fingerprint density at radius 3 is 2.94 bits per heavy atom. The molecule has 2 heteroatoms. The molecule has 0 saturated heterocycles. The fraction of sp³-hybridized carbons (Fsp3) is 0.643. The Hall–Kier alpha value is -0.890. The van der Waals surface area contributed by atoms with Gasteiger partial charge in [0.1, 0.15) is 0 Å². The molecule has 0 spiro atoms. The molecule has 0 radical (unpaired) electrons. The highest BCUT2D eigenvalue weighted by Crippen LogP contribution is 2.37. The lowest BCUT2D eigenvalue weighted by atomic mass is 9.78. The predicted octanol–water partition coefficient (Wildman–Crippen LogP) is 3.25. The van der Waals surface area contributed by atoms with Crippen LogP contribution in [0.3, 0.4) is 0 Å². The van der Waals surface area contributed by atoms with E-state index in [1.165, 1.54) is 12.8 Å². The van der Waals surface area contributed by atoms with Crippen LogP contribution in [0.4, 0.5) is 0 Å². The average molecular weight is 219 g/mol. The Labute approximate surface area is 97.7 Å². The molecular formula is C14H21NO. The van der Waals surface area contributed by atoms with E-state index in [4.69, 9.17) is 0 Å². The highest BCUT2D eigenvalue weighted by Gasteiger charge is 2.27. The third-order valence-corrected chi connectivity index (χ3v) is 3.79. The Morgan fingerprint density at radius 1 is 1.44 bits per heavy atom. The molecule has 0 amide bonds. The maximum absolute atomic E-state index is 10.4. The van der Waals surface area contributed by atoms with Crippen LogP contribution < -0.4 is 0 Å². The first-order valence-electron chi connectivity index (χ1n) is 6.28. The number of aromatic nitrogens is 1. The first-order chi connectivity index (χ1) is 7.68. The van der Waals surface area contributed by atoms with Gasteiger partial charge in [-0.05, 0) is 37.7 Å². The van der Waals surface area contributed by atoms with Crippen molar-refractivity contribution in [2.24, 2.45) is 11.8 Å². The van der Waals surface area contributed by atoms with Crippen LogP contribution in [0.15, 0.2) is 18.3 Å². The van der Waals surface area contributed by atoms with Gasteiger partial charge in [0.2, 0.25) is 0 Å². The Morgan fingerprint density at radius 2 is 2.25 bits per heavy atom. The molecular weight excluding hydrogens is 198 g/mol. The summed E-state index contributed by atoms with van der Waals surface area (Å²) in [5.41, 5.74) is 1.98. The van der Waals surface area contributed by atoms with E-state index in [2.05, 4.69) is 11.9 Å². The van der Waals surface area contributed by atoms with Crippen molar-refractivity contribution in [2.45, 2.75) is 45.6 Å². The third-order valence-electron chi connectivity index (χ3n) is 3.79. The molecule has 1 aromatic rings. The molecule has 3 atom stereocenters. The highest BCUT2D eigenvalue weighted by molar-refractivity contribution is 5.21. The van der Waals surface area contributed by atoms with Gasteiger partial charge in [-0.1, -0.05) is 25.8 Å². The summed E-state index contributed by atoms with van der Waals surface area (Å²) < 4.78 is 0. The molecule has 1 saturated carbocycles. The van der Waals surface area contributed by atoms with Gasteiger partial charge in [0.15, 0.2) is 0 Å². The van der Waals surface area contributed by atoms with Gasteiger partial charge in [-0.15, -0.1) is 0 Å². The number of nitrogens with zero attached hydrogens (tertiary/aromatic N) is 1. The second-order valence-electron chi connectivity index (χ2n) is 5.15. The second kappa shape index (κ2) is 4.96. The average Bonchev–Trinajstić information content (AvgIpc) is 2.29. The van der Waals surface area contributed by atoms with E-state index >= 15 is 0 Å². The molecule has 0 aliphatic heterocycles. The van der Waals surface area contributed by atoms with Gasteiger partial charge in [0.25, 0.3) is 0 Å². The number of aryl methyl sites for hydroxylation is 1. The van der Waals surface area contributed by atoms with Crippen molar-refractivity contribution in [2.75, 3.05) is 0 Å². The van der Waals surface area contributed by atoms with E-state index in [1.807, 2.05) is 19.1 Å². The van der Waals surface area contributed by atoms with Crippen LogP contribution in [-0.2, 0) is 0 Å². The van der Waals surface area contributed by atoms with Crippen LogP contribution in [0.25, 0.3) is 0 Å². The summed E-state index contributed by atoms with van der Waals surface area (Å²) in [5, 5.41) is 10.4. The molecule has 0 aromatic carbocycles. The van der Waals surface area contributed by atoms with Gasteiger partial charge in [-0.3, -0.25) is 4.98 Å². The van der Waals surface area contributed by atoms with Crippen LogP contribution in [0.5, 0.6) is 0 Å². The minimum absolute atomic E-state index is 0.323. The van der Waals surface area contributed by atoms with Crippen molar-refractivity contribution in [3.8, 4) is 0 Å². The molecule has 16 heavy (non-hydrogen) atoms. The van der Waals surface area contributed by atoms with E-state index in [1.54, 1.807) is 6.20 Å². The van der Waals surface area contributed by atoms with Gasteiger partial charge in [0.05, 0.1) is 6.10 Å². The molecule has 1 aliphatic rings. The number of aliphatic hydroxyl groups excluding tert-OH is 1. The van der Waals surface area contributed by atoms with E-state index in [0.29, 0.717) is 5.92 Å². The van der Waals surface area contributed by atoms with Gasteiger partial charge in [-0.25, -0.2) is 0 Å². The summed E-state index contributed by atoms with van der Waals surface area (Å²) in [6.07, 6.45) is 6.33. The fourth-order valence-corrected chi connectivity index (χ4v) is 2.83. The van der Waals surface area contributed by atoms with E-state index < -0.39 is 0 Å². The standard InChI is InChI=1S/C14H21NO/c1-10-5-3-6-12(9-10)14(16)13-7-4-8-15-11(13)2/h4,7-8,10,12,14,16H,3,5-6,9H2,1-2H3. The number of rotatable bonds is 2. The molecule has 1 aromatic heterocycles. The van der Waals surface area contributed by atoms with Gasteiger partial charge >= 0.3 is 0 Å². The second-order valence-corrected chi connectivity index (χ2v) is 5.15. The predicted molar refractivity (Wildman–Crippen MR) is 65.1 cm³/mol. The number of hydrogen-bond donors (Lipinski definition) is 1. The molecule has 88 valence electrons. The van der Waals surface area contributed by atoms with Crippen molar-refractivity contribution in [1.82, 2.24) is 4.98 Å². The summed E-state index contributed by atoms with van der Waals surface area (Å²) in [6.45, 7) is 4.26. The van der Waals surface area contributed by atoms with E-state index in [-0.39, 0.29) is 6.10 Å². The lowest BCUT2D eigenvalue weighted by Crippen LogP contribution is -2.21. The number of hydrogen-bond acceptors (Lipinski definition) is 2. The van der Waals surface area contributed by atoms with Crippen molar-refractivity contribution < 1.29 is 5.11 Å². The maximum atomic E-state index is 10.4. The summed E-state index contributed by atoms with van der Waals surface area (Å²) in [4.78, 5) is 4.25. The van der Waals surface area contributed by atoms with Crippen LogP contribution >= 0.6 is 0 Å². The highest BCUT2D eigenvalue weighted by atomic mass is 16.3. The lowest BCUT2D eigenvalue weighted by molar-refractivity contribution is 0.0706.